The summed E-state index contributed by atoms with van der Waals surface area (Å²) in [7, 11) is 0. The summed E-state index contributed by atoms with van der Waals surface area (Å²) < 4.78 is 5.28. The van der Waals surface area contributed by atoms with E-state index in [4.69, 9.17) is 22.1 Å². The van der Waals surface area contributed by atoms with Gasteiger partial charge in [0.1, 0.15) is 17.8 Å². The van der Waals surface area contributed by atoms with E-state index in [0.29, 0.717) is 34.8 Å². The van der Waals surface area contributed by atoms with E-state index in [1.54, 1.807) is 12.1 Å². The van der Waals surface area contributed by atoms with Gasteiger partial charge in [-0.15, -0.1) is 0 Å². The van der Waals surface area contributed by atoms with Crippen molar-refractivity contribution in [3.63, 3.8) is 0 Å². The maximum absolute atomic E-state index is 5.88. The SMILES string of the molecule is CCOc1ncnc(Nc2ccc(Cl)cn2)c1N. The Morgan fingerprint density at radius 1 is 1.33 bits per heavy atom. The Morgan fingerprint density at radius 2 is 2.17 bits per heavy atom. The van der Waals surface area contributed by atoms with Crippen molar-refractivity contribution in [1.82, 2.24) is 15.0 Å². The number of hydrogen-bond donors (Lipinski definition) is 2. The van der Waals surface area contributed by atoms with Crippen LogP contribution in [0.3, 0.4) is 0 Å². The fourth-order valence-corrected chi connectivity index (χ4v) is 1.41. The van der Waals surface area contributed by atoms with Crippen molar-refractivity contribution in [2.24, 2.45) is 0 Å². The molecule has 3 N–H and O–H groups in total. The molecule has 0 spiro atoms. The second-order valence-electron chi connectivity index (χ2n) is 3.36. The standard InChI is InChI=1S/C11H12ClN5O/c1-2-18-11-9(13)10(15-6-16-11)17-8-4-3-7(12)5-14-8/h3-6H,2,13H2,1H3,(H,14,15,16,17). The highest BCUT2D eigenvalue weighted by molar-refractivity contribution is 6.30. The lowest BCUT2D eigenvalue weighted by molar-refractivity contribution is 0.328. The van der Waals surface area contributed by atoms with Crippen molar-refractivity contribution in [3.8, 4) is 5.88 Å². The molecule has 0 unspecified atom stereocenters. The van der Waals surface area contributed by atoms with Crippen LogP contribution >= 0.6 is 11.6 Å². The Morgan fingerprint density at radius 3 is 2.83 bits per heavy atom. The van der Waals surface area contributed by atoms with Gasteiger partial charge < -0.3 is 15.8 Å². The second kappa shape index (κ2) is 5.50. The Labute approximate surface area is 109 Å². The molecule has 2 aromatic rings. The second-order valence-corrected chi connectivity index (χ2v) is 3.80. The van der Waals surface area contributed by atoms with Gasteiger partial charge in [-0.1, -0.05) is 11.6 Å². The largest absolute Gasteiger partial charge is 0.476 e. The van der Waals surface area contributed by atoms with E-state index in [9.17, 15) is 0 Å². The number of nitrogens with two attached hydrogens (primary N) is 1. The minimum absolute atomic E-state index is 0.344. The van der Waals surface area contributed by atoms with Crippen molar-refractivity contribution in [3.05, 3.63) is 29.7 Å². The van der Waals surface area contributed by atoms with Gasteiger partial charge in [0.25, 0.3) is 0 Å². The van der Waals surface area contributed by atoms with Crippen LogP contribution in [0.15, 0.2) is 24.7 Å². The Bertz CT molecular complexity index is 531. The summed E-state index contributed by atoms with van der Waals surface area (Å²) in [5.41, 5.74) is 6.22. The normalized spacial score (nSPS) is 10.1. The molecule has 6 nitrogen and oxygen atoms in total. The monoisotopic (exact) mass is 265 g/mol. The molecule has 0 fully saturated rings. The molecule has 0 atom stereocenters. The summed E-state index contributed by atoms with van der Waals surface area (Å²) in [6.45, 7) is 2.34. The molecule has 18 heavy (non-hydrogen) atoms. The number of halogens is 1. The molecule has 2 heterocycles. The summed E-state index contributed by atoms with van der Waals surface area (Å²) in [4.78, 5) is 12.1. The summed E-state index contributed by atoms with van der Waals surface area (Å²) >= 11 is 5.75. The Hall–Kier alpha value is -2.08. The zero-order valence-corrected chi connectivity index (χ0v) is 10.5. The van der Waals surface area contributed by atoms with E-state index in [1.165, 1.54) is 12.5 Å². The summed E-state index contributed by atoms with van der Waals surface area (Å²) in [6.07, 6.45) is 2.91. The van der Waals surface area contributed by atoms with Crippen LogP contribution in [0.25, 0.3) is 0 Å². The van der Waals surface area contributed by atoms with E-state index in [1.807, 2.05) is 6.92 Å². The van der Waals surface area contributed by atoms with Crippen LogP contribution in [0.5, 0.6) is 5.88 Å². The summed E-state index contributed by atoms with van der Waals surface area (Å²) in [5, 5.41) is 3.53. The number of pyridine rings is 1. The van der Waals surface area contributed by atoms with Crippen LogP contribution in [-0.2, 0) is 0 Å². The van der Waals surface area contributed by atoms with Crippen LogP contribution in [0, 0.1) is 0 Å². The maximum atomic E-state index is 5.88. The third-order valence-corrected chi connectivity index (χ3v) is 2.33. The number of nitrogens with one attached hydrogen (secondary N) is 1. The third-order valence-electron chi connectivity index (χ3n) is 2.10. The summed E-state index contributed by atoms with van der Waals surface area (Å²) in [6, 6.07) is 3.45. The third kappa shape index (κ3) is 2.78. The van der Waals surface area contributed by atoms with Gasteiger partial charge in [-0.05, 0) is 19.1 Å². The van der Waals surface area contributed by atoms with Gasteiger partial charge in [-0.25, -0.2) is 9.97 Å². The van der Waals surface area contributed by atoms with Gasteiger partial charge in [0.2, 0.25) is 5.88 Å². The number of aromatic nitrogens is 3. The first-order valence-corrected chi connectivity index (χ1v) is 5.70. The van der Waals surface area contributed by atoms with Gasteiger partial charge in [0.15, 0.2) is 5.82 Å². The quantitative estimate of drug-likeness (QED) is 0.882. The van der Waals surface area contributed by atoms with Gasteiger partial charge in [-0.2, -0.15) is 4.98 Å². The highest BCUT2D eigenvalue weighted by Crippen LogP contribution is 2.26. The lowest BCUT2D eigenvalue weighted by atomic mass is 10.4. The number of anilines is 3. The molecule has 0 saturated carbocycles. The Balaban J connectivity index is 2.23. The molecule has 94 valence electrons. The smallest absolute Gasteiger partial charge is 0.242 e. The average Bonchev–Trinajstić information content (AvgIpc) is 2.37. The van der Waals surface area contributed by atoms with Gasteiger partial charge in [-0.3, -0.25) is 0 Å². The number of nitrogens with zero attached hydrogens (tertiary/aromatic N) is 3. The molecule has 0 radical (unpaired) electrons. The first-order valence-electron chi connectivity index (χ1n) is 5.32. The van der Waals surface area contributed by atoms with Crippen LogP contribution in [0.2, 0.25) is 5.02 Å². The predicted octanol–water partition coefficient (Wildman–Crippen LogP) is 2.25. The van der Waals surface area contributed by atoms with Crippen LogP contribution in [0.4, 0.5) is 17.3 Å². The van der Waals surface area contributed by atoms with Crippen molar-refractivity contribution < 1.29 is 4.74 Å². The topological polar surface area (TPSA) is 86.0 Å². The first-order chi connectivity index (χ1) is 8.70. The molecule has 0 aliphatic rings. The summed E-state index contributed by atoms with van der Waals surface area (Å²) in [5.74, 6) is 1.39. The molecular formula is C11H12ClN5O. The van der Waals surface area contributed by atoms with Crippen molar-refractivity contribution in [2.75, 3.05) is 17.7 Å². The zero-order valence-electron chi connectivity index (χ0n) is 9.72. The van der Waals surface area contributed by atoms with Crippen LogP contribution < -0.4 is 15.8 Å². The van der Waals surface area contributed by atoms with Crippen LogP contribution in [-0.4, -0.2) is 21.6 Å². The van der Waals surface area contributed by atoms with E-state index in [-0.39, 0.29) is 0 Å². The average molecular weight is 266 g/mol. The maximum Gasteiger partial charge on any atom is 0.242 e. The van der Waals surface area contributed by atoms with E-state index >= 15 is 0 Å². The Kier molecular flexibility index (Phi) is 3.78. The van der Waals surface area contributed by atoms with Crippen LogP contribution in [0.1, 0.15) is 6.92 Å². The molecule has 0 aliphatic heterocycles. The first kappa shape index (κ1) is 12.4. The van der Waals surface area contributed by atoms with Gasteiger partial charge >= 0.3 is 0 Å². The van der Waals surface area contributed by atoms with Crippen molar-refractivity contribution in [1.29, 1.82) is 0 Å². The molecule has 0 bridgehead atoms. The van der Waals surface area contributed by atoms with E-state index < -0.39 is 0 Å². The highest BCUT2D eigenvalue weighted by Gasteiger charge is 2.09. The molecule has 2 rings (SSSR count). The lowest BCUT2D eigenvalue weighted by Gasteiger charge is -2.10. The van der Waals surface area contributed by atoms with Crippen molar-refractivity contribution in [2.45, 2.75) is 6.92 Å². The molecule has 0 saturated heterocycles. The van der Waals surface area contributed by atoms with E-state index in [0.717, 1.165) is 0 Å². The number of ether oxygens (including phenoxy) is 1. The predicted molar refractivity (Wildman–Crippen MR) is 70.1 cm³/mol. The molecule has 0 amide bonds. The highest BCUT2D eigenvalue weighted by atomic mass is 35.5. The van der Waals surface area contributed by atoms with Gasteiger partial charge in [0, 0.05) is 6.20 Å². The lowest BCUT2D eigenvalue weighted by Crippen LogP contribution is -2.05. The molecule has 2 aromatic heterocycles. The fourth-order valence-electron chi connectivity index (χ4n) is 1.30. The number of rotatable bonds is 4. The molecular weight excluding hydrogens is 254 g/mol. The molecule has 0 aromatic carbocycles. The molecule has 7 heteroatoms. The van der Waals surface area contributed by atoms with Crippen molar-refractivity contribution >= 4 is 28.9 Å². The van der Waals surface area contributed by atoms with E-state index in [2.05, 4.69) is 20.3 Å². The minimum Gasteiger partial charge on any atom is -0.476 e. The zero-order chi connectivity index (χ0) is 13.0. The van der Waals surface area contributed by atoms with Gasteiger partial charge in [0.05, 0.1) is 11.6 Å². The number of nitrogen functional groups attached to an aromatic ring is 1. The fraction of sp³-hybridized carbons (Fsp3) is 0.182. The minimum atomic E-state index is 0.344. The molecule has 0 aliphatic carbocycles. The number of hydrogen-bond acceptors (Lipinski definition) is 6.